The molecule has 1 aromatic rings. The minimum absolute atomic E-state index is 0.218. The third-order valence-electron chi connectivity index (χ3n) is 3.11. The van der Waals surface area contributed by atoms with Gasteiger partial charge in [0.15, 0.2) is 0 Å². The lowest BCUT2D eigenvalue weighted by Gasteiger charge is -2.21. The predicted octanol–water partition coefficient (Wildman–Crippen LogP) is 2.82. The molecule has 0 atom stereocenters. The zero-order valence-electron chi connectivity index (χ0n) is 12.0. The van der Waals surface area contributed by atoms with Crippen molar-refractivity contribution in [1.82, 2.24) is 9.88 Å². The third-order valence-corrected chi connectivity index (χ3v) is 3.11. The number of hydrogen-bond donors (Lipinski definition) is 2. The number of pyridine rings is 1. The van der Waals surface area contributed by atoms with E-state index in [9.17, 15) is 13.2 Å². The Bertz CT molecular complexity index is 432. The SMILES string of the molecule is CC(C)N(C)CCCNc1cc(C(F)(F)F)ncc1N. The number of nitrogens with two attached hydrogens (primary N) is 1. The minimum atomic E-state index is -4.46. The summed E-state index contributed by atoms with van der Waals surface area (Å²) in [4.78, 5) is 5.46. The molecular weight excluding hydrogens is 269 g/mol. The fraction of sp³-hybridized carbons (Fsp3) is 0.615. The summed E-state index contributed by atoms with van der Waals surface area (Å²) in [7, 11) is 2.01. The van der Waals surface area contributed by atoms with Crippen LogP contribution in [0.25, 0.3) is 0 Å². The molecular formula is C13H21F3N4. The van der Waals surface area contributed by atoms with Crippen molar-refractivity contribution >= 4 is 11.4 Å². The molecule has 0 fully saturated rings. The maximum atomic E-state index is 12.5. The molecule has 114 valence electrons. The quantitative estimate of drug-likeness (QED) is 0.791. The van der Waals surface area contributed by atoms with E-state index in [1.807, 2.05) is 7.05 Å². The van der Waals surface area contributed by atoms with E-state index in [-0.39, 0.29) is 11.4 Å². The van der Waals surface area contributed by atoms with E-state index >= 15 is 0 Å². The number of rotatable bonds is 6. The summed E-state index contributed by atoms with van der Waals surface area (Å²) < 4.78 is 37.6. The first kappa shape index (κ1) is 16.6. The van der Waals surface area contributed by atoms with E-state index in [1.165, 1.54) is 0 Å². The molecule has 1 heterocycles. The summed E-state index contributed by atoms with van der Waals surface area (Å²) in [6.07, 6.45) is -2.61. The molecule has 0 aliphatic carbocycles. The van der Waals surface area contributed by atoms with Crippen molar-refractivity contribution in [2.24, 2.45) is 0 Å². The molecule has 0 unspecified atom stereocenters. The first-order valence-electron chi connectivity index (χ1n) is 6.48. The predicted molar refractivity (Wildman–Crippen MR) is 74.5 cm³/mol. The van der Waals surface area contributed by atoms with E-state index in [0.717, 1.165) is 25.2 Å². The largest absolute Gasteiger partial charge is 0.433 e. The lowest BCUT2D eigenvalue weighted by Crippen LogP contribution is -2.28. The second-order valence-electron chi connectivity index (χ2n) is 5.01. The Kier molecular flexibility index (Phi) is 5.62. The lowest BCUT2D eigenvalue weighted by atomic mass is 10.2. The van der Waals surface area contributed by atoms with Crippen LogP contribution in [0.4, 0.5) is 24.5 Å². The van der Waals surface area contributed by atoms with Crippen LogP contribution < -0.4 is 11.1 Å². The topological polar surface area (TPSA) is 54.2 Å². The van der Waals surface area contributed by atoms with Crippen molar-refractivity contribution in [3.8, 4) is 0 Å². The van der Waals surface area contributed by atoms with Crippen LogP contribution >= 0.6 is 0 Å². The average Bonchev–Trinajstić information content (AvgIpc) is 2.34. The zero-order valence-corrected chi connectivity index (χ0v) is 12.0. The Morgan fingerprint density at radius 2 is 2.05 bits per heavy atom. The monoisotopic (exact) mass is 290 g/mol. The van der Waals surface area contributed by atoms with Gasteiger partial charge in [0, 0.05) is 12.6 Å². The van der Waals surface area contributed by atoms with Crippen LogP contribution in [0.2, 0.25) is 0 Å². The van der Waals surface area contributed by atoms with Crippen molar-refractivity contribution in [3.05, 3.63) is 18.0 Å². The normalized spacial score (nSPS) is 12.2. The van der Waals surface area contributed by atoms with Crippen LogP contribution in [-0.4, -0.2) is 36.1 Å². The molecule has 0 spiro atoms. The standard InChI is InChI=1S/C13H21F3N4/c1-9(2)20(3)6-4-5-18-11-7-12(13(14,15)16)19-8-10(11)17/h7-9H,4-6,17H2,1-3H3,(H,18,19). The number of alkyl halides is 3. The van der Waals surface area contributed by atoms with Gasteiger partial charge in [0.25, 0.3) is 0 Å². The molecule has 0 aromatic carbocycles. The highest BCUT2D eigenvalue weighted by molar-refractivity contribution is 5.65. The van der Waals surface area contributed by atoms with Gasteiger partial charge >= 0.3 is 6.18 Å². The number of nitrogens with zero attached hydrogens (tertiary/aromatic N) is 2. The van der Waals surface area contributed by atoms with Crippen molar-refractivity contribution in [2.45, 2.75) is 32.5 Å². The number of nitrogen functional groups attached to an aromatic ring is 1. The maximum absolute atomic E-state index is 12.5. The summed E-state index contributed by atoms with van der Waals surface area (Å²) >= 11 is 0. The number of halogens is 3. The van der Waals surface area contributed by atoms with Crippen LogP contribution in [0, 0.1) is 0 Å². The molecule has 20 heavy (non-hydrogen) atoms. The van der Waals surface area contributed by atoms with Gasteiger partial charge < -0.3 is 16.0 Å². The van der Waals surface area contributed by atoms with Gasteiger partial charge in [0.05, 0.1) is 17.6 Å². The van der Waals surface area contributed by atoms with Crippen LogP contribution in [0.1, 0.15) is 26.0 Å². The molecule has 0 bridgehead atoms. The fourth-order valence-corrected chi connectivity index (χ4v) is 1.58. The Balaban J connectivity index is 2.56. The third kappa shape index (κ3) is 4.88. The first-order valence-corrected chi connectivity index (χ1v) is 6.48. The fourth-order valence-electron chi connectivity index (χ4n) is 1.58. The van der Waals surface area contributed by atoms with Crippen molar-refractivity contribution < 1.29 is 13.2 Å². The van der Waals surface area contributed by atoms with Crippen LogP contribution in [0.15, 0.2) is 12.3 Å². The maximum Gasteiger partial charge on any atom is 0.433 e. The molecule has 0 aliphatic heterocycles. The van der Waals surface area contributed by atoms with E-state index in [2.05, 4.69) is 29.0 Å². The smallest absolute Gasteiger partial charge is 0.396 e. The number of nitrogens with one attached hydrogen (secondary N) is 1. The van der Waals surface area contributed by atoms with Crippen molar-refractivity contribution in [3.63, 3.8) is 0 Å². The molecule has 1 aromatic heterocycles. The van der Waals surface area contributed by atoms with Crippen LogP contribution in [0.3, 0.4) is 0 Å². The highest BCUT2D eigenvalue weighted by Crippen LogP contribution is 2.30. The Labute approximate surface area is 117 Å². The van der Waals surface area contributed by atoms with E-state index in [0.29, 0.717) is 12.6 Å². The first-order chi connectivity index (χ1) is 9.21. The summed E-state index contributed by atoms with van der Waals surface area (Å²) in [6, 6.07) is 1.39. The Morgan fingerprint density at radius 1 is 1.40 bits per heavy atom. The van der Waals surface area contributed by atoms with Gasteiger partial charge in [-0.25, -0.2) is 4.98 Å². The highest BCUT2D eigenvalue weighted by Gasteiger charge is 2.32. The van der Waals surface area contributed by atoms with E-state index in [1.54, 1.807) is 0 Å². The van der Waals surface area contributed by atoms with Gasteiger partial charge in [-0.2, -0.15) is 13.2 Å². The second kappa shape index (κ2) is 6.78. The van der Waals surface area contributed by atoms with Crippen LogP contribution in [-0.2, 0) is 6.18 Å². The van der Waals surface area contributed by atoms with E-state index < -0.39 is 11.9 Å². The van der Waals surface area contributed by atoms with Gasteiger partial charge in [0.1, 0.15) is 5.69 Å². The Hall–Kier alpha value is -1.50. The summed E-state index contributed by atoms with van der Waals surface area (Å²) in [6.45, 7) is 5.60. The molecule has 0 amide bonds. The molecule has 0 saturated heterocycles. The van der Waals surface area contributed by atoms with Crippen molar-refractivity contribution in [1.29, 1.82) is 0 Å². The number of anilines is 2. The number of aromatic nitrogens is 1. The second-order valence-corrected chi connectivity index (χ2v) is 5.01. The van der Waals surface area contributed by atoms with Gasteiger partial charge in [-0.1, -0.05) is 0 Å². The minimum Gasteiger partial charge on any atom is -0.396 e. The highest BCUT2D eigenvalue weighted by atomic mass is 19.4. The summed E-state index contributed by atoms with van der Waals surface area (Å²) in [5, 5.41) is 2.93. The van der Waals surface area contributed by atoms with Gasteiger partial charge in [0.2, 0.25) is 0 Å². The van der Waals surface area contributed by atoms with Gasteiger partial charge in [-0.05, 0) is 39.9 Å². The molecule has 7 heteroatoms. The lowest BCUT2D eigenvalue weighted by molar-refractivity contribution is -0.141. The Morgan fingerprint density at radius 3 is 2.60 bits per heavy atom. The molecule has 0 saturated carbocycles. The van der Waals surface area contributed by atoms with Gasteiger partial charge in [-0.3, -0.25) is 0 Å². The summed E-state index contributed by atoms with van der Waals surface area (Å²) in [5.74, 6) is 0. The zero-order chi connectivity index (χ0) is 15.3. The average molecular weight is 290 g/mol. The van der Waals surface area contributed by atoms with Crippen LogP contribution in [0.5, 0.6) is 0 Å². The molecule has 3 N–H and O–H groups in total. The molecule has 0 aliphatic rings. The molecule has 0 radical (unpaired) electrons. The molecule has 1 rings (SSSR count). The van der Waals surface area contributed by atoms with Crippen molar-refractivity contribution in [2.75, 3.05) is 31.2 Å². The van der Waals surface area contributed by atoms with Gasteiger partial charge in [-0.15, -0.1) is 0 Å². The summed E-state index contributed by atoms with van der Waals surface area (Å²) in [5.41, 5.74) is 5.18. The number of hydrogen-bond acceptors (Lipinski definition) is 4. The molecule has 4 nitrogen and oxygen atoms in total. The van der Waals surface area contributed by atoms with E-state index in [4.69, 9.17) is 5.73 Å².